The monoisotopic (exact) mass is 471 g/mol. The second-order valence-electron chi connectivity index (χ2n) is 7.44. The first-order valence-electron chi connectivity index (χ1n) is 10.7. The molecule has 0 radical (unpaired) electrons. The average Bonchev–Trinajstić information content (AvgIpc) is 3.28. The highest BCUT2D eigenvalue weighted by atomic mass is 35.5. The van der Waals surface area contributed by atoms with Gasteiger partial charge in [0.2, 0.25) is 11.7 Å². The van der Waals surface area contributed by atoms with Crippen LogP contribution in [0.2, 0.25) is 5.02 Å². The Morgan fingerprint density at radius 3 is 2.45 bits per heavy atom. The number of carbonyl (C=O) groups is 3. The van der Waals surface area contributed by atoms with E-state index in [1.165, 1.54) is 4.90 Å². The molecule has 2 aromatic rings. The maximum Gasteiger partial charge on any atom is 0.287 e. The van der Waals surface area contributed by atoms with Gasteiger partial charge in [-0.1, -0.05) is 29.8 Å². The summed E-state index contributed by atoms with van der Waals surface area (Å²) in [5.74, 6) is -2.88. The molecule has 0 fully saturated rings. The molecule has 8 heteroatoms. The highest BCUT2D eigenvalue weighted by Gasteiger charge is 2.49. The van der Waals surface area contributed by atoms with Gasteiger partial charge in [-0.3, -0.25) is 14.4 Å². The van der Waals surface area contributed by atoms with Crippen LogP contribution >= 0.6 is 11.6 Å². The van der Waals surface area contributed by atoms with Gasteiger partial charge in [0.1, 0.15) is 0 Å². The van der Waals surface area contributed by atoms with Crippen molar-refractivity contribution in [3.8, 4) is 0 Å². The largest absolute Gasteiger partial charge is 0.465 e. The lowest BCUT2D eigenvalue weighted by molar-refractivity contribution is -0.119. The summed E-state index contributed by atoms with van der Waals surface area (Å²) < 4.78 is 10.9. The number of ketones is 2. The van der Waals surface area contributed by atoms with E-state index in [-0.39, 0.29) is 48.8 Å². The third-order valence-electron chi connectivity index (χ3n) is 5.42. The Morgan fingerprint density at radius 2 is 1.82 bits per heavy atom. The fraction of sp³-hybridized carbons (Fsp3) is 0.320. The first-order valence-corrected chi connectivity index (χ1v) is 11.0. The van der Waals surface area contributed by atoms with E-state index in [9.17, 15) is 14.4 Å². The SMILES string of the molecule is CCO.CCOC1=C([C@@H](C(=O)c2ccc(Cl)cc2)[C@@H]2C(=O)N(C)c3ccccc32)C(=O)CO1. The summed E-state index contributed by atoms with van der Waals surface area (Å²) in [5, 5.41) is 8.06. The Bertz CT molecular complexity index is 1080. The molecule has 0 saturated heterocycles. The number of hydrogen-bond donors (Lipinski definition) is 1. The zero-order chi connectivity index (χ0) is 24.1. The van der Waals surface area contributed by atoms with Crippen molar-refractivity contribution in [2.45, 2.75) is 19.8 Å². The van der Waals surface area contributed by atoms with Gasteiger partial charge in [-0.2, -0.15) is 0 Å². The molecule has 7 nitrogen and oxygen atoms in total. The molecule has 0 spiro atoms. The Hall–Kier alpha value is -3.16. The van der Waals surface area contributed by atoms with Gasteiger partial charge < -0.3 is 19.5 Å². The molecule has 1 N–H and O–H groups in total. The van der Waals surface area contributed by atoms with E-state index in [1.807, 2.05) is 24.3 Å². The van der Waals surface area contributed by atoms with Gasteiger partial charge in [-0.05, 0) is 49.7 Å². The normalized spacial score (nSPS) is 17.8. The number of Topliss-reactive ketones (excluding diaryl/α,β-unsaturated/α-hetero) is 2. The molecule has 0 bridgehead atoms. The molecule has 2 aliphatic rings. The smallest absolute Gasteiger partial charge is 0.287 e. The summed E-state index contributed by atoms with van der Waals surface area (Å²) in [6, 6.07) is 13.7. The number of anilines is 1. The van der Waals surface area contributed by atoms with Crippen molar-refractivity contribution in [3.63, 3.8) is 0 Å². The highest BCUT2D eigenvalue weighted by Crippen LogP contribution is 2.45. The zero-order valence-corrected chi connectivity index (χ0v) is 19.5. The number of fused-ring (bicyclic) bond motifs is 1. The van der Waals surface area contributed by atoms with Gasteiger partial charge in [-0.15, -0.1) is 0 Å². The van der Waals surface area contributed by atoms with Crippen molar-refractivity contribution in [3.05, 3.63) is 76.2 Å². The van der Waals surface area contributed by atoms with Crippen LogP contribution in [0.4, 0.5) is 5.69 Å². The number of halogens is 1. The number of para-hydroxylation sites is 1. The molecule has 2 aliphatic heterocycles. The number of benzene rings is 2. The first-order chi connectivity index (χ1) is 15.8. The minimum atomic E-state index is -1.07. The van der Waals surface area contributed by atoms with Crippen LogP contribution in [0.15, 0.2) is 60.0 Å². The van der Waals surface area contributed by atoms with Gasteiger partial charge in [0.05, 0.1) is 24.0 Å². The molecule has 0 aliphatic carbocycles. The number of amides is 1. The summed E-state index contributed by atoms with van der Waals surface area (Å²) in [7, 11) is 1.66. The summed E-state index contributed by atoms with van der Waals surface area (Å²) >= 11 is 5.97. The topological polar surface area (TPSA) is 93.1 Å². The van der Waals surface area contributed by atoms with Crippen LogP contribution in [0.3, 0.4) is 0 Å². The maximum atomic E-state index is 13.7. The van der Waals surface area contributed by atoms with Crippen LogP contribution in [-0.4, -0.2) is 49.4 Å². The second-order valence-corrected chi connectivity index (χ2v) is 7.88. The molecule has 0 saturated carbocycles. The van der Waals surface area contributed by atoms with Crippen LogP contribution in [0.1, 0.15) is 35.7 Å². The molecular weight excluding hydrogens is 446 g/mol. The molecule has 2 atom stereocenters. The molecule has 0 unspecified atom stereocenters. The van der Waals surface area contributed by atoms with Gasteiger partial charge in [0, 0.05) is 29.9 Å². The number of aliphatic hydroxyl groups is 1. The molecular formula is C25H26ClNO6. The zero-order valence-electron chi connectivity index (χ0n) is 18.7. The quantitative estimate of drug-likeness (QED) is 0.645. The number of ether oxygens (including phenoxy) is 2. The standard InChI is InChI=1S/C23H20ClNO5.C2H6O/c1-3-29-23-19(17(26)12-30-23)20(21(27)13-8-10-14(24)11-9-13)18-15-6-4-5-7-16(15)25(2)22(18)28;1-2-3/h4-11,18,20H,3,12H2,1-2H3;3H,2H2,1H3/t18-,20+;/m1./s1. The van der Waals surface area contributed by atoms with E-state index in [0.29, 0.717) is 21.8 Å². The lowest BCUT2D eigenvalue weighted by Crippen LogP contribution is -2.34. The van der Waals surface area contributed by atoms with Gasteiger partial charge in [0.15, 0.2) is 12.4 Å². The van der Waals surface area contributed by atoms with Crippen LogP contribution in [0.25, 0.3) is 0 Å². The Kier molecular flexibility index (Phi) is 7.89. The molecule has 2 aromatic carbocycles. The van der Waals surface area contributed by atoms with E-state index in [2.05, 4.69) is 0 Å². The van der Waals surface area contributed by atoms with Crippen molar-refractivity contribution in [2.24, 2.45) is 5.92 Å². The lowest BCUT2D eigenvalue weighted by Gasteiger charge is -2.23. The van der Waals surface area contributed by atoms with Crippen LogP contribution in [0, 0.1) is 5.92 Å². The van der Waals surface area contributed by atoms with E-state index in [0.717, 1.165) is 0 Å². The van der Waals surface area contributed by atoms with E-state index >= 15 is 0 Å². The number of likely N-dealkylation sites (N-methyl/N-ethyl adjacent to an activating group) is 1. The minimum absolute atomic E-state index is 0.0228. The van der Waals surface area contributed by atoms with Crippen molar-refractivity contribution in [1.82, 2.24) is 0 Å². The van der Waals surface area contributed by atoms with Gasteiger partial charge in [0.25, 0.3) is 5.95 Å². The number of aliphatic hydroxyl groups excluding tert-OH is 1. The summed E-state index contributed by atoms with van der Waals surface area (Å²) in [6.07, 6.45) is 0. The van der Waals surface area contributed by atoms with Crippen molar-refractivity contribution >= 4 is 34.8 Å². The average molecular weight is 472 g/mol. The lowest BCUT2D eigenvalue weighted by atomic mass is 9.76. The Balaban J connectivity index is 0.000000968. The third-order valence-corrected chi connectivity index (χ3v) is 5.67. The van der Waals surface area contributed by atoms with Gasteiger partial charge >= 0.3 is 0 Å². The summed E-state index contributed by atoms with van der Waals surface area (Å²) in [6.45, 7) is 3.74. The molecule has 2 heterocycles. The summed E-state index contributed by atoms with van der Waals surface area (Å²) in [5.41, 5.74) is 1.87. The fourth-order valence-corrected chi connectivity index (χ4v) is 4.16. The van der Waals surface area contributed by atoms with E-state index < -0.39 is 11.8 Å². The van der Waals surface area contributed by atoms with Crippen LogP contribution in [-0.2, 0) is 19.1 Å². The number of nitrogens with zero attached hydrogens (tertiary/aromatic N) is 1. The summed E-state index contributed by atoms with van der Waals surface area (Å²) in [4.78, 5) is 41.2. The molecule has 33 heavy (non-hydrogen) atoms. The van der Waals surface area contributed by atoms with Crippen molar-refractivity contribution in [2.75, 3.05) is 31.8 Å². The van der Waals surface area contributed by atoms with E-state index in [4.69, 9.17) is 26.2 Å². The maximum absolute atomic E-state index is 13.7. The Morgan fingerprint density at radius 1 is 1.18 bits per heavy atom. The first kappa shape index (κ1) is 24.5. The van der Waals surface area contributed by atoms with E-state index in [1.54, 1.807) is 45.2 Å². The third kappa shape index (κ3) is 4.79. The molecule has 0 aromatic heterocycles. The molecule has 1 amide bonds. The number of hydrogen-bond acceptors (Lipinski definition) is 6. The van der Waals surface area contributed by atoms with Crippen LogP contribution < -0.4 is 4.90 Å². The van der Waals surface area contributed by atoms with Crippen molar-refractivity contribution < 1.29 is 29.0 Å². The number of rotatable bonds is 6. The fourth-order valence-electron chi connectivity index (χ4n) is 4.03. The number of carbonyl (C=O) groups excluding carboxylic acids is 3. The molecule has 4 rings (SSSR count). The Labute approximate surface area is 197 Å². The minimum Gasteiger partial charge on any atom is -0.465 e. The predicted molar refractivity (Wildman–Crippen MR) is 124 cm³/mol. The van der Waals surface area contributed by atoms with Gasteiger partial charge in [-0.25, -0.2) is 0 Å². The van der Waals surface area contributed by atoms with Crippen LogP contribution in [0.5, 0.6) is 0 Å². The predicted octanol–water partition coefficient (Wildman–Crippen LogP) is 3.75. The molecule has 174 valence electrons. The highest BCUT2D eigenvalue weighted by molar-refractivity contribution is 6.30. The van der Waals surface area contributed by atoms with Crippen molar-refractivity contribution in [1.29, 1.82) is 0 Å². The second kappa shape index (κ2) is 10.6.